The summed E-state index contributed by atoms with van der Waals surface area (Å²) in [5.41, 5.74) is 1.46. The van der Waals surface area contributed by atoms with Gasteiger partial charge in [0.25, 0.3) is 0 Å². The van der Waals surface area contributed by atoms with E-state index in [-0.39, 0.29) is 23.7 Å². The van der Waals surface area contributed by atoms with Crippen molar-refractivity contribution in [1.29, 1.82) is 0 Å². The Morgan fingerprint density at radius 3 is 2.75 bits per heavy atom. The number of nitrogens with one attached hydrogen (secondary N) is 2. The SMILES string of the molecule is C=CC(C)NC(C)c1cc(NC(=O)CCC)ccc1O. The molecule has 2 unspecified atom stereocenters. The number of hydrogen-bond donors (Lipinski definition) is 3. The molecule has 0 fully saturated rings. The van der Waals surface area contributed by atoms with Gasteiger partial charge < -0.3 is 15.7 Å². The molecule has 1 rings (SSSR count). The monoisotopic (exact) mass is 276 g/mol. The number of carbonyl (C=O) groups is 1. The highest BCUT2D eigenvalue weighted by molar-refractivity contribution is 5.90. The molecule has 2 atom stereocenters. The van der Waals surface area contributed by atoms with E-state index in [4.69, 9.17) is 0 Å². The van der Waals surface area contributed by atoms with Crippen molar-refractivity contribution in [1.82, 2.24) is 5.32 Å². The molecule has 0 aliphatic heterocycles. The Labute approximate surface area is 120 Å². The summed E-state index contributed by atoms with van der Waals surface area (Å²) >= 11 is 0. The lowest BCUT2D eigenvalue weighted by Crippen LogP contribution is -2.27. The van der Waals surface area contributed by atoms with Crippen LogP contribution in [0.25, 0.3) is 0 Å². The van der Waals surface area contributed by atoms with Gasteiger partial charge >= 0.3 is 0 Å². The first kappa shape index (κ1) is 16.2. The number of anilines is 1. The highest BCUT2D eigenvalue weighted by Gasteiger charge is 2.13. The second-order valence-electron chi connectivity index (χ2n) is 4.98. The van der Waals surface area contributed by atoms with E-state index in [1.165, 1.54) is 0 Å². The van der Waals surface area contributed by atoms with Gasteiger partial charge in [-0.15, -0.1) is 6.58 Å². The summed E-state index contributed by atoms with van der Waals surface area (Å²) in [6.45, 7) is 9.65. The Morgan fingerprint density at radius 1 is 1.45 bits per heavy atom. The average Bonchev–Trinajstić information content (AvgIpc) is 2.40. The molecule has 0 heterocycles. The first-order valence-electron chi connectivity index (χ1n) is 6.99. The molecule has 20 heavy (non-hydrogen) atoms. The minimum atomic E-state index is -0.0361. The molecule has 4 nitrogen and oxygen atoms in total. The minimum absolute atomic E-state index is 0.00999. The Balaban J connectivity index is 2.85. The quantitative estimate of drug-likeness (QED) is 0.528. The highest BCUT2D eigenvalue weighted by Crippen LogP contribution is 2.27. The van der Waals surface area contributed by atoms with Gasteiger partial charge in [-0.2, -0.15) is 0 Å². The van der Waals surface area contributed by atoms with E-state index in [2.05, 4.69) is 17.2 Å². The minimum Gasteiger partial charge on any atom is -0.508 e. The van der Waals surface area contributed by atoms with Gasteiger partial charge in [0.15, 0.2) is 0 Å². The summed E-state index contributed by atoms with van der Waals surface area (Å²) in [4.78, 5) is 11.6. The summed E-state index contributed by atoms with van der Waals surface area (Å²) in [6.07, 6.45) is 3.11. The molecule has 0 radical (unpaired) electrons. The lowest BCUT2D eigenvalue weighted by molar-refractivity contribution is -0.116. The molecule has 0 bridgehead atoms. The van der Waals surface area contributed by atoms with Gasteiger partial charge in [0, 0.05) is 29.8 Å². The van der Waals surface area contributed by atoms with Crippen molar-refractivity contribution in [2.24, 2.45) is 0 Å². The van der Waals surface area contributed by atoms with E-state index < -0.39 is 0 Å². The zero-order valence-electron chi connectivity index (χ0n) is 12.4. The molecule has 0 aliphatic carbocycles. The Morgan fingerprint density at radius 2 is 2.15 bits per heavy atom. The van der Waals surface area contributed by atoms with Gasteiger partial charge in [-0.05, 0) is 38.5 Å². The molecule has 0 aromatic heterocycles. The second kappa shape index (κ2) is 7.70. The molecule has 1 aromatic carbocycles. The topological polar surface area (TPSA) is 61.4 Å². The molecular weight excluding hydrogens is 252 g/mol. The number of rotatable bonds is 7. The Hall–Kier alpha value is -1.81. The van der Waals surface area contributed by atoms with Crippen LogP contribution in [0.3, 0.4) is 0 Å². The van der Waals surface area contributed by atoms with Crippen LogP contribution in [0.5, 0.6) is 5.75 Å². The number of phenolic OH excluding ortho intramolecular Hbond substituents is 1. The fourth-order valence-corrected chi connectivity index (χ4v) is 1.98. The molecule has 1 amide bonds. The fourth-order valence-electron chi connectivity index (χ4n) is 1.98. The van der Waals surface area contributed by atoms with E-state index in [0.29, 0.717) is 12.1 Å². The summed E-state index contributed by atoms with van der Waals surface area (Å²) in [7, 11) is 0. The zero-order chi connectivity index (χ0) is 15.1. The van der Waals surface area contributed by atoms with Crippen LogP contribution < -0.4 is 10.6 Å². The fraction of sp³-hybridized carbons (Fsp3) is 0.438. The van der Waals surface area contributed by atoms with Crippen LogP contribution >= 0.6 is 0 Å². The summed E-state index contributed by atoms with van der Waals surface area (Å²) < 4.78 is 0. The smallest absolute Gasteiger partial charge is 0.224 e. The van der Waals surface area contributed by atoms with Gasteiger partial charge in [0.05, 0.1) is 0 Å². The van der Waals surface area contributed by atoms with Gasteiger partial charge in [-0.25, -0.2) is 0 Å². The first-order chi connectivity index (χ1) is 9.47. The molecule has 0 spiro atoms. The van der Waals surface area contributed by atoms with Crippen molar-refractivity contribution in [3.05, 3.63) is 36.4 Å². The lowest BCUT2D eigenvalue weighted by Gasteiger charge is -2.19. The van der Waals surface area contributed by atoms with Crippen LogP contribution in [0.15, 0.2) is 30.9 Å². The number of phenols is 1. The number of carbonyl (C=O) groups excluding carboxylic acids is 1. The molecule has 0 saturated carbocycles. The predicted octanol–water partition coefficient (Wildman–Crippen LogP) is 3.36. The van der Waals surface area contributed by atoms with Gasteiger partial charge in [-0.1, -0.05) is 13.0 Å². The third kappa shape index (κ3) is 4.70. The van der Waals surface area contributed by atoms with E-state index in [0.717, 1.165) is 12.0 Å². The molecule has 1 aromatic rings. The standard InChI is InChI=1S/C16H24N2O2/c1-5-7-16(20)18-13-8-9-15(19)14(10-13)12(4)17-11(3)6-2/h6,8-12,17,19H,2,5,7H2,1,3-4H3,(H,18,20). The van der Waals surface area contributed by atoms with Crippen LogP contribution in [0.2, 0.25) is 0 Å². The van der Waals surface area contributed by atoms with Crippen LogP contribution in [-0.2, 0) is 4.79 Å². The molecule has 110 valence electrons. The Kier molecular flexibility index (Phi) is 6.25. The average molecular weight is 276 g/mol. The number of hydrogen-bond acceptors (Lipinski definition) is 3. The Bertz CT molecular complexity index is 472. The maximum atomic E-state index is 11.6. The largest absolute Gasteiger partial charge is 0.508 e. The summed E-state index contributed by atoms with van der Waals surface area (Å²) in [5, 5.41) is 16.1. The predicted molar refractivity (Wildman–Crippen MR) is 82.9 cm³/mol. The molecule has 4 heteroatoms. The van der Waals surface area contributed by atoms with E-state index >= 15 is 0 Å². The molecular formula is C16H24N2O2. The van der Waals surface area contributed by atoms with Crippen molar-refractivity contribution in [2.45, 2.75) is 45.7 Å². The maximum absolute atomic E-state index is 11.6. The van der Waals surface area contributed by atoms with Gasteiger partial charge in [-0.3, -0.25) is 4.79 Å². The normalized spacial score (nSPS) is 13.6. The number of benzene rings is 1. The van der Waals surface area contributed by atoms with Crippen molar-refractivity contribution in [2.75, 3.05) is 5.32 Å². The van der Waals surface area contributed by atoms with E-state index in [1.54, 1.807) is 24.3 Å². The van der Waals surface area contributed by atoms with Gasteiger partial charge in [0.2, 0.25) is 5.91 Å². The maximum Gasteiger partial charge on any atom is 0.224 e. The van der Waals surface area contributed by atoms with E-state index in [1.807, 2.05) is 20.8 Å². The van der Waals surface area contributed by atoms with Crippen molar-refractivity contribution >= 4 is 11.6 Å². The molecule has 3 N–H and O–H groups in total. The van der Waals surface area contributed by atoms with E-state index in [9.17, 15) is 9.90 Å². The van der Waals surface area contributed by atoms with Crippen LogP contribution in [0.1, 0.15) is 45.2 Å². The molecule has 0 aliphatic rings. The lowest BCUT2D eigenvalue weighted by atomic mass is 10.1. The van der Waals surface area contributed by atoms with Crippen LogP contribution in [0, 0.1) is 0 Å². The summed E-state index contributed by atoms with van der Waals surface area (Å²) in [6, 6.07) is 5.22. The second-order valence-corrected chi connectivity index (χ2v) is 4.98. The van der Waals surface area contributed by atoms with Crippen molar-refractivity contribution in [3.63, 3.8) is 0 Å². The van der Waals surface area contributed by atoms with Crippen molar-refractivity contribution in [3.8, 4) is 5.75 Å². The number of aromatic hydroxyl groups is 1. The molecule has 0 saturated heterocycles. The summed E-state index contributed by atoms with van der Waals surface area (Å²) in [5.74, 6) is 0.207. The van der Waals surface area contributed by atoms with Crippen molar-refractivity contribution < 1.29 is 9.90 Å². The third-order valence-electron chi connectivity index (χ3n) is 3.12. The first-order valence-corrected chi connectivity index (χ1v) is 6.99. The van der Waals surface area contributed by atoms with Crippen LogP contribution in [-0.4, -0.2) is 17.1 Å². The zero-order valence-corrected chi connectivity index (χ0v) is 12.4. The highest BCUT2D eigenvalue weighted by atomic mass is 16.3. The van der Waals surface area contributed by atoms with Gasteiger partial charge in [0.1, 0.15) is 5.75 Å². The number of amides is 1. The third-order valence-corrected chi connectivity index (χ3v) is 3.12. The van der Waals surface area contributed by atoms with Crippen LogP contribution in [0.4, 0.5) is 5.69 Å².